The summed E-state index contributed by atoms with van der Waals surface area (Å²) in [4.78, 5) is 22.1. The molecule has 0 aliphatic carbocycles. The van der Waals surface area contributed by atoms with Crippen molar-refractivity contribution in [2.24, 2.45) is 0 Å². The highest BCUT2D eigenvalue weighted by atomic mass is 16.5. The molecule has 0 fully saturated rings. The Hall–Kier alpha value is -3.10. The Bertz CT molecular complexity index is 725. The first kappa shape index (κ1) is 15.3. The van der Waals surface area contributed by atoms with E-state index in [9.17, 15) is 9.59 Å². The van der Waals surface area contributed by atoms with Crippen LogP contribution in [0.3, 0.4) is 0 Å². The highest BCUT2D eigenvalue weighted by Gasteiger charge is 2.22. The lowest BCUT2D eigenvalue weighted by Crippen LogP contribution is -2.12. The third-order valence-corrected chi connectivity index (χ3v) is 2.81. The summed E-state index contributed by atoms with van der Waals surface area (Å²) in [5, 5.41) is 25.1. The number of rotatable bonds is 6. The molecule has 0 saturated heterocycles. The van der Waals surface area contributed by atoms with Gasteiger partial charge in [0, 0.05) is 5.56 Å². The number of carboxylic acids is 2. The summed E-state index contributed by atoms with van der Waals surface area (Å²) in [6.07, 6.45) is 0. The number of carbonyl (C=O) groups is 2. The first-order valence-corrected chi connectivity index (χ1v) is 6.35. The molecular weight excluding hydrogens is 292 g/mol. The SMILES string of the molecule is CCOc1ccc(-c2c(C(=O)O)nnn2CC(=O)O)cc1N. The molecule has 1 heterocycles. The molecule has 4 N–H and O–H groups in total. The van der Waals surface area contributed by atoms with Crippen molar-refractivity contribution in [1.29, 1.82) is 0 Å². The highest BCUT2D eigenvalue weighted by molar-refractivity contribution is 5.93. The molecule has 0 spiro atoms. The molecular formula is C13H14N4O5. The van der Waals surface area contributed by atoms with Crippen molar-refractivity contribution in [1.82, 2.24) is 15.0 Å². The number of nitrogens with zero attached hydrogens (tertiary/aromatic N) is 3. The number of aromatic carboxylic acids is 1. The van der Waals surface area contributed by atoms with Crippen LogP contribution in [0.5, 0.6) is 5.75 Å². The Balaban J connectivity index is 2.54. The van der Waals surface area contributed by atoms with E-state index in [-0.39, 0.29) is 11.4 Å². The average Bonchev–Trinajstić information content (AvgIpc) is 2.84. The van der Waals surface area contributed by atoms with Gasteiger partial charge in [-0.15, -0.1) is 5.10 Å². The third-order valence-electron chi connectivity index (χ3n) is 2.81. The van der Waals surface area contributed by atoms with Crippen molar-refractivity contribution in [2.75, 3.05) is 12.3 Å². The lowest BCUT2D eigenvalue weighted by molar-refractivity contribution is -0.137. The smallest absolute Gasteiger partial charge is 0.358 e. The van der Waals surface area contributed by atoms with Gasteiger partial charge in [-0.05, 0) is 25.1 Å². The molecule has 0 unspecified atom stereocenters. The largest absolute Gasteiger partial charge is 0.492 e. The van der Waals surface area contributed by atoms with Crippen LogP contribution in [0.2, 0.25) is 0 Å². The minimum absolute atomic E-state index is 0.0737. The van der Waals surface area contributed by atoms with Crippen LogP contribution in [0.4, 0.5) is 5.69 Å². The van der Waals surface area contributed by atoms with Crippen molar-refractivity contribution >= 4 is 17.6 Å². The zero-order valence-corrected chi connectivity index (χ0v) is 11.7. The molecule has 22 heavy (non-hydrogen) atoms. The van der Waals surface area contributed by atoms with E-state index in [1.807, 2.05) is 6.92 Å². The van der Waals surface area contributed by atoms with E-state index in [4.69, 9.17) is 20.7 Å². The van der Waals surface area contributed by atoms with Gasteiger partial charge in [0.15, 0.2) is 5.69 Å². The topological polar surface area (TPSA) is 141 Å². The maximum Gasteiger partial charge on any atom is 0.358 e. The first-order chi connectivity index (χ1) is 10.4. The van der Waals surface area contributed by atoms with Crippen LogP contribution in [-0.4, -0.2) is 43.8 Å². The molecule has 1 aromatic carbocycles. The predicted octanol–water partition coefficient (Wildman–Crippen LogP) is 0.709. The fraction of sp³-hybridized carbons (Fsp3) is 0.231. The molecule has 0 aliphatic rings. The minimum Gasteiger partial charge on any atom is -0.492 e. The first-order valence-electron chi connectivity index (χ1n) is 6.35. The number of aromatic nitrogens is 3. The summed E-state index contributed by atoms with van der Waals surface area (Å²) < 4.78 is 6.31. The Labute approximate surface area is 124 Å². The maximum atomic E-state index is 11.2. The van der Waals surface area contributed by atoms with Crippen LogP contribution in [0.1, 0.15) is 17.4 Å². The van der Waals surface area contributed by atoms with Crippen molar-refractivity contribution in [3.63, 3.8) is 0 Å². The van der Waals surface area contributed by atoms with Crippen molar-refractivity contribution < 1.29 is 24.5 Å². The molecule has 2 rings (SSSR count). The number of hydrogen-bond donors (Lipinski definition) is 3. The molecule has 116 valence electrons. The predicted molar refractivity (Wildman–Crippen MR) is 75.6 cm³/mol. The molecule has 9 nitrogen and oxygen atoms in total. The lowest BCUT2D eigenvalue weighted by atomic mass is 10.1. The standard InChI is InChI=1S/C13H14N4O5/c1-2-22-9-4-3-7(5-8(9)14)12-11(13(20)21)15-16-17(12)6-10(18)19/h3-5H,2,6,14H2,1H3,(H,18,19)(H,20,21). The molecule has 0 bridgehead atoms. The van der Waals surface area contributed by atoms with E-state index in [0.29, 0.717) is 23.6 Å². The van der Waals surface area contributed by atoms with E-state index in [1.54, 1.807) is 12.1 Å². The summed E-state index contributed by atoms with van der Waals surface area (Å²) in [5.74, 6) is -2.01. The summed E-state index contributed by atoms with van der Waals surface area (Å²) >= 11 is 0. The van der Waals surface area contributed by atoms with Crippen molar-refractivity contribution in [3.8, 4) is 17.0 Å². The summed E-state index contributed by atoms with van der Waals surface area (Å²) in [5.41, 5.74) is 6.28. The van der Waals surface area contributed by atoms with E-state index >= 15 is 0 Å². The second-order valence-electron chi connectivity index (χ2n) is 4.33. The van der Waals surface area contributed by atoms with Gasteiger partial charge in [-0.25, -0.2) is 9.48 Å². The van der Waals surface area contributed by atoms with Gasteiger partial charge in [-0.3, -0.25) is 4.79 Å². The minimum atomic E-state index is -1.31. The Kier molecular flexibility index (Phi) is 4.25. The molecule has 0 amide bonds. The molecule has 0 saturated carbocycles. The van der Waals surface area contributed by atoms with Gasteiger partial charge in [0.1, 0.15) is 18.0 Å². The Morgan fingerprint density at radius 1 is 1.36 bits per heavy atom. The van der Waals surface area contributed by atoms with Crippen LogP contribution >= 0.6 is 0 Å². The second-order valence-corrected chi connectivity index (χ2v) is 4.33. The summed E-state index contributed by atoms with van der Waals surface area (Å²) in [6.45, 7) is 1.73. The number of carboxylic acid groups (broad SMARTS) is 2. The number of aliphatic carboxylic acids is 1. The average molecular weight is 306 g/mol. The van der Waals surface area contributed by atoms with Crippen LogP contribution in [0, 0.1) is 0 Å². The number of hydrogen-bond acceptors (Lipinski definition) is 6. The van der Waals surface area contributed by atoms with Gasteiger partial charge in [0.2, 0.25) is 0 Å². The fourth-order valence-corrected chi connectivity index (χ4v) is 1.96. The number of benzene rings is 1. The number of nitrogen functional groups attached to an aromatic ring is 1. The molecule has 0 radical (unpaired) electrons. The van der Waals surface area contributed by atoms with Gasteiger partial charge in [-0.1, -0.05) is 5.21 Å². The second kappa shape index (κ2) is 6.12. The quantitative estimate of drug-likeness (QED) is 0.662. The summed E-state index contributed by atoms with van der Waals surface area (Å²) in [7, 11) is 0. The number of anilines is 1. The van der Waals surface area contributed by atoms with Crippen LogP contribution in [-0.2, 0) is 11.3 Å². The summed E-state index contributed by atoms with van der Waals surface area (Å²) in [6, 6.07) is 4.65. The molecule has 0 aliphatic heterocycles. The Morgan fingerprint density at radius 3 is 2.64 bits per heavy atom. The number of nitrogens with two attached hydrogens (primary N) is 1. The monoisotopic (exact) mass is 306 g/mol. The maximum absolute atomic E-state index is 11.2. The van der Waals surface area contributed by atoms with E-state index in [0.717, 1.165) is 4.68 Å². The van der Waals surface area contributed by atoms with Crippen molar-refractivity contribution in [2.45, 2.75) is 13.5 Å². The fourth-order valence-electron chi connectivity index (χ4n) is 1.96. The van der Waals surface area contributed by atoms with Gasteiger partial charge in [0.05, 0.1) is 12.3 Å². The zero-order valence-electron chi connectivity index (χ0n) is 11.7. The van der Waals surface area contributed by atoms with Crippen LogP contribution < -0.4 is 10.5 Å². The molecule has 1 aromatic heterocycles. The van der Waals surface area contributed by atoms with Gasteiger partial charge < -0.3 is 20.7 Å². The van der Waals surface area contributed by atoms with E-state index in [1.165, 1.54) is 6.07 Å². The van der Waals surface area contributed by atoms with Gasteiger partial charge in [0.25, 0.3) is 0 Å². The number of ether oxygens (including phenoxy) is 1. The van der Waals surface area contributed by atoms with E-state index < -0.39 is 18.5 Å². The van der Waals surface area contributed by atoms with E-state index in [2.05, 4.69) is 10.3 Å². The van der Waals surface area contributed by atoms with Crippen LogP contribution in [0.15, 0.2) is 18.2 Å². The Morgan fingerprint density at radius 2 is 2.09 bits per heavy atom. The van der Waals surface area contributed by atoms with Crippen LogP contribution in [0.25, 0.3) is 11.3 Å². The van der Waals surface area contributed by atoms with Gasteiger partial charge in [-0.2, -0.15) is 0 Å². The molecule has 9 heteroatoms. The molecule has 0 atom stereocenters. The lowest BCUT2D eigenvalue weighted by Gasteiger charge is -2.10. The van der Waals surface area contributed by atoms with Crippen molar-refractivity contribution in [3.05, 3.63) is 23.9 Å². The van der Waals surface area contributed by atoms with Gasteiger partial charge >= 0.3 is 11.9 Å². The third kappa shape index (κ3) is 2.97. The zero-order chi connectivity index (χ0) is 16.3. The molecule has 2 aromatic rings. The highest BCUT2D eigenvalue weighted by Crippen LogP contribution is 2.30. The normalized spacial score (nSPS) is 10.4.